The summed E-state index contributed by atoms with van der Waals surface area (Å²) in [5.74, 6) is 0.771. The molecule has 0 unspecified atom stereocenters. The maximum atomic E-state index is 11.4. The molecular weight excluding hydrogens is 188 g/mol. The molecule has 1 saturated carbocycles. The van der Waals surface area contributed by atoms with Gasteiger partial charge in [-0.1, -0.05) is 20.8 Å². The van der Waals surface area contributed by atoms with Crippen molar-refractivity contribution in [1.29, 1.82) is 0 Å². The second kappa shape index (κ2) is 5.00. The van der Waals surface area contributed by atoms with Crippen LogP contribution in [0.2, 0.25) is 0 Å². The standard InChI is InChI=1S/C13H24O2/c1-10(2)4-7-13(12(14)15)8-5-11(3)6-9-13/h10-11H,4-9H2,1-3H3,(H,14,15). The molecular formula is C13H24O2. The highest BCUT2D eigenvalue weighted by Crippen LogP contribution is 2.43. The largest absolute Gasteiger partial charge is 0.481 e. The van der Waals surface area contributed by atoms with Crippen molar-refractivity contribution in [3.63, 3.8) is 0 Å². The molecule has 0 amide bonds. The summed E-state index contributed by atoms with van der Waals surface area (Å²) >= 11 is 0. The summed E-state index contributed by atoms with van der Waals surface area (Å²) in [6.45, 7) is 6.57. The topological polar surface area (TPSA) is 37.3 Å². The molecule has 0 spiro atoms. The van der Waals surface area contributed by atoms with Crippen molar-refractivity contribution in [3.05, 3.63) is 0 Å². The number of rotatable bonds is 4. The minimum Gasteiger partial charge on any atom is -0.481 e. The Morgan fingerprint density at radius 3 is 2.33 bits per heavy atom. The fourth-order valence-corrected chi connectivity index (χ4v) is 2.45. The fraction of sp³-hybridized carbons (Fsp3) is 0.923. The minimum absolute atomic E-state index is 0.392. The molecule has 0 aromatic heterocycles. The van der Waals surface area contributed by atoms with Crippen LogP contribution in [0.25, 0.3) is 0 Å². The van der Waals surface area contributed by atoms with E-state index in [9.17, 15) is 9.90 Å². The van der Waals surface area contributed by atoms with Gasteiger partial charge in [-0.3, -0.25) is 4.79 Å². The van der Waals surface area contributed by atoms with Crippen molar-refractivity contribution < 1.29 is 9.90 Å². The molecule has 15 heavy (non-hydrogen) atoms. The van der Waals surface area contributed by atoms with Gasteiger partial charge in [-0.05, 0) is 50.4 Å². The van der Waals surface area contributed by atoms with Gasteiger partial charge in [-0.25, -0.2) is 0 Å². The monoisotopic (exact) mass is 212 g/mol. The summed E-state index contributed by atoms with van der Waals surface area (Å²) in [5, 5.41) is 9.39. The molecule has 2 nitrogen and oxygen atoms in total. The third kappa shape index (κ3) is 3.22. The number of hydrogen-bond donors (Lipinski definition) is 1. The van der Waals surface area contributed by atoms with E-state index in [4.69, 9.17) is 0 Å². The SMILES string of the molecule is CC(C)CCC1(C(=O)O)CCC(C)CC1. The van der Waals surface area contributed by atoms with Crippen LogP contribution in [-0.4, -0.2) is 11.1 Å². The lowest BCUT2D eigenvalue weighted by Crippen LogP contribution is -2.35. The van der Waals surface area contributed by atoms with Gasteiger partial charge in [-0.15, -0.1) is 0 Å². The summed E-state index contributed by atoms with van der Waals surface area (Å²) in [4.78, 5) is 11.4. The molecule has 88 valence electrons. The number of hydrogen-bond acceptors (Lipinski definition) is 1. The molecule has 1 fully saturated rings. The van der Waals surface area contributed by atoms with Gasteiger partial charge in [0.2, 0.25) is 0 Å². The van der Waals surface area contributed by atoms with Crippen molar-refractivity contribution >= 4 is 5.97 Å². The molecule has 2 heteroatoms. The van der Waals surface area contributed by atoms with Crippen LogP contribution in [0.15, 0.2) is 0 Å². The van der Waals surface area contributed by atoms with Gasteiger partial charge in [0.25, 0.3) is 0 Å². The molecule has 1 aliphatic carbocycles. The molecule has 0 atom stereocenters. The fourth-order valence-electron chi connectivity index (χ4n) is 2.45. The lowest BCUT2D eigenvalue weighted by Gasteiger charge is -2.36. The van der Waals surface area contributed by atoms with Gasteiger partial charge < -0.3 is 5.11 Å². The molecule has 1 aliphatic rings. The number of carboxylic acid groups (broad SMARTS) is 1. The Bertz CT molecular complexity index is 213. The van der Waals surface area contributed by atoms with E-state index in [1.54, 1.807) is 0 Å². The summed E-state index contributed by atoms with van der Waals surface area (Å²) in [6, 6.07) is 0. The quantitative estimate of drug-likeness (QED) is 0.771. The summed E-state index contributed by atoms with van der Waals surface area (Å²) in [5.41, 5.74) is -0.392. The van der Waals surface area contributed by atoms with Crippen LogP contribution in [0.5, 0.6) is 0 Å². The number of carboxylic acids is 1. The van der Waals surface area contributed by atoms with Crippen molar-refractivity contribution in [2.45, 2.75) is 59.3 Å². The van der Waals surface area contributed by atoms with Crippen molar-refractivity contribution in [2.24, 2.45) is 17.3 Å². The summed E-state index contributed by atoms with van der Waals surface area (Å²) in [7, 11) is 0. The molecule has 0 aliphatic heterocycles. The number of carbonyl (C=O) groups is 1. The normalized spacial score (nSPS) is 31.9. The first-order valence-corrected chi connectivity index (χ1v) is 6.20. The van der Waals surface area contributed by atoms with E-state index >= 15 is 0 Å². The van der Waals surface area contributed by atoms with E-state index in [0.717, 1.165) is 44.4 Å². The lowest BCUT2D eigenvalue weighted by molar-refractivity contribution is -0.152. The Hall–Kier alpha value is -0.530. The predicted molar refractivity (Wildman–Crippen MR) is 61.8 cm³/mol. The Morgan fingerprint density at radius 1 is 1.40 bits per heavy atom. The van der Waals surface area contributed by atoms with Crippen molar-refractivity contribution in [2.75, 3.05) is 0 Å². The lowest BCUT2D eigenvalue weighted by atomic mass is 9.68. The van der Waals surface area contributed by atoms with Gasteiger partial charge in [0, 0.05) is 0 Å². The molecule has 0 bridgehead atoms. The molecule has 0 aromatic carbocycles. The number of aliphatic carboxylic acids is 1. The predicted octanol–water partition coefficient (Wildman–Crippen LogP) is 3.70. The highest BCUT2D eigenvalue weighted by atomic mass is 16.4. The van der Waals surface area contributed by atoms with Crippen LogP contribution in [0.3, 0.4) is 0 Å². The van der Waals surface area contributed by atoms with Crippen LogP contribution in [0.1, 0.15) is 59.3 Å². The highest BCUT2D eigenvalue weighted by Gasteiger charge is 2.40. The first-order chi connectivity index (χ1) is 6.96. The van der Waals surface area contributed by atoms with E-state index in [0.29, 0.717) is 5.92 Å². The van der Waals surface area contributed by atoms with Crippen LogP contribution >= 0.6 is 0 Å². The Kier molecular flexibility index (Phi) is 4.18. The van der Waals surface area contributed by atoms with E-state index < -0.39 is 11.4 Å². The molecule has 0 saturated heterocycles. The highest BCUT2D eigenvalue weighted by molar-refractivity contribution is 5.74. The second-order valence-corrected chi connectivity index (χ2v) is 5.70. The zero-order valence-corrected chi connectivity index (χ0v) is 10.3. The van der Waals surface area contributed by atoms with Gasteiger partial charge >= 0.3 is 5.97 Å². The van der Waals surface area contributed by atoms with Crippen LogP contribution in [-0.2, 0) is 4.79 Å². The average Bonchev–Trinajstić information content (AvgIpc) is 2.17. The molecule has 0 radical (unpaired) electrons. The van der Waals surface area contributed by atoms with E-state index in [1.807, 2.05) is 0 Å². The Balaban J connectivity index is 2.59. The second-order valence-electron chi connectivity index (χ2n) is 5.70. The van der Waals surface area contributed by atoms with Gasteiger partial charge in [-0.2, -0.15) is 0 Å². The first kappa shape index (κ1) is 12.5. The first-order valence-electron chi connectivity index (χ1n) is 6.20. The zero-order chi connectivity index (χ0) is 11.5. The molecule has 1 rings (SSSR count). The van der Waals surface area contributed by atoms with Crippen LogP contribution < -0.4 is 0 Å². The van der Waals surface area contributed by atoms with E-state index in [2.05, 4.69) is 20.8 Å². The Labute approximate surface area is 93.1 Å². The molecule has 0 aromatic rings. The Morgan fingerprint density at radius 2 is 1.93 bits per heavy atom. The molecule has 0 heterocycles. The smallest absolute Gasteiger partial charge is 0.309 e. The van der Waals surface area contributed by atoms with E-state index in [1.165, 1.54) is 0 Å². The van der Waals surface area contributed by atoms with Gasteiger partial charge in [0.05, 0.1) is 5.41 Å². The summed E-state index contributed by atoms with van der Waals surface area (Å²) in [6.07, 6.45) is 5.86. The van der Waals surface area contributed by atoms with Crippen molar-refractivity contribution in [1.82, 2.24) is 0 Å². The maximum Gasteiger partial charge on any atom is 0.309 e. The average molecular weight is 212 g/mol. The minimum atomic E-state index is -0.560. The van der Waals surface area contributed by atoms with Gasteiger partial charge in [0.1, 0.15) is 0 Å². The van der Waals surface area contributed by atoms with Crippen LogP contribution in [0.4, 0.5) is 0 Å². The van der Waals surface area contributed by atoms with Gasteiger partial charge in [0.15, 0.2) is 0 Å². The third-order valence-corrected chi connectivity index (χ3v) is 3.89. The van der Waals surface area contributed by atoms with E-state index in [-0.39, 0.29) is 0 Å². The maximum absolute atomic E-state index is 11.4. The van der Waals surface area contributed by atoms with Crippen LogP contribution in [0, 0.1) is 17.3 Å². The summed E-state index contributed by atoms with van der Waals surface area (Å²) < 4.78 is 0. The third-order valence-electron chi connectivity index (χ3n) is 3.89. The zero-order valence-electron chi connectivity index (χ0n) is 10.3. The van der Waals surface area contributed by atoms with Crippen molar-refractivity contribution in [3.8, 4) is 0 Å². The molecule has 1 N–H and O–H groups in total.